The van der Waals surface area contributed by atoms with E-state index in [0.29, 0.717) is 0 Å². The van der Waals surface area contributed by atoms with Gasteiger partial charge in [-0.3, -0.25) is 0 Å². The normalized spacial score (nSPS) is 13.0. The van der Waals surface area contributed by atoms with E-state index in [9.17, 15) is 4.79 Å². The Morgan fingerprint density at radius 3 is 2.40 bits per heavy atom. The number of hydrogen-bond acceptors (Lipinski definition) is 2. The summed E-state index contributed by atoms with van der Waals surface area (Å²) in [5.74, 6) is -0.0686. The molecule has 0 saturated heterocycles. The van der Waals surface area contributed by atoms with Crippen molar-refractivity contribution in [3.63, 3.8) is 0 Å². The van der Waals surface area contributed by atoms with Crippen LogP contribution in [0.5, 0.6) is 0 Å². The van der Waals surface area contributed by atoms with Gasteiger partial charge < -0.3 is 4.79 Å². The number of carbonyl (C=O) groups is 1. The Kier molecular flexibility index (Phi) is 6.54. The predicted molar refractivity (Wildman–Crippen MR) is 89.3 cm³/mol. The van der Waals surface area contributed by atoms with Crippen LogP contribution < -0.4 is 0 Å². The fraction of sp³-hybridized carbons (Fsp3) is 0.500. The highest BCUT2D eigenvalue weighted by Gasteiger charge is 2.21. The molecule has 0 radical (unpaired) electrons. The highest BCUT2D eigenvalue weighted by molar-refractivity contribution is 7.98. The maximum atomic E-state index is 11.4. The highest BCUT2D eigenvalue weighted by Crippen LogP contribution is 2.31. The molecule has 20 heavy (non-hydrogen) atoms. The lowest BCUT2D eigenvalue weighted by Crippen LogP contribution is -2.17. The van der Waals surface area contributed by atoms with Gasteiger partial charge in [0, 0.05) is 10.8 Å². The first-order valence-corrected chi connectivity index (χ1v) is 8.40. The summed E-state index contributed by atoms with van der Waals surface area (Å²) >= 11 is 1.73. The summed E-state index contributed by atoms with van der Waals surface area (Å²) in [4.78, 5) is 12.6. The molecule has 1 rings (SSSR count). The predicted octanol–water partition coefficient (Wildman–Crippen LogP) is 5.15. The first-order valence-electron chi connectivity index (χ1n) is 7.17. The molecule has 0 heterocycles. The van der Waals surface area contributed by atoms with Crippen molar-refractivity contribution in [2.24, 2.45) is 11.3 Å². The van der Waals surface area contributed by atoms with E-state index in [4.69, 9.17) is 0 Å². The third-order valence-electron chi connectivity index (χ3n) is 3.97. The first kappa shape index (κ1) is 17.0. The van der Waals surface area contributed by atoms with Crippen LogP contribution in [0.2, 0.25) is 0 Å². The van der Waals surface area contributed by atoms with E-state index >= 15 is 0 Å². The van der Waals surface area contributed by atoms with Crippen LogP contribution in [0.4, 0.5) is 0 Å². The molecule has 0 bridgehead atoms. The number of aldehydes is 1. The van der Waals surface area contributed by atoms with Gasteiger partial charge in [-0.25, -0.2) is 0 Å². The second kappa shape index (κ2) is 7.68. The molecule has 1 atom stereocenters. The quantitative estimate of drug-likeness (QED) is 0.374. The number of allylic oxidation sites excluding steroid dienone is 1. The summed E-state index contributed by atoms with van der Waals surface area (Å²) in [6, 6.07) is 8.45. The lowest BCUT2D eigenvalue weighted by atomic mass is 9.79. The molecule has 0 fully saturated rings. The van der Waals surface area contributed by atoms with E-state index in [-0.39, 0.29) is 11.3 Å². The molecule has 0 aliphatic carbocycles. The number of carbonyl (C=O) groups excluding carboxylic acids is 1. The molecule has 0 spiro atoms. The summed E-state index contributed by atoms with van der Waals surface area (Å²) in [7, 11) is 0. The zero-order chi connectivity index (χ0) is 15.2. The second-order valence-electron chi connectivity index (χ2n) is 6.15. The Hall–Kier alpha value is -1.02. The molecular weight excluding hydrogens is 264 g/mol. The van der Waals surface area contributed by atoms with E-state index < -0.39 is 0 Å². The summed E-state index contributed by atoms with van der Waals surface area (Å²) in [5, 5.41) is 0. The number of rotatable bonds is 8. The van der Waals surface area contributed by atoms with Gasteiger partial charge in [-0.05, 0) is 42.2 Å². The van der Waals surface area contributed by atoms with Crippen LogP contribution in [0.3, 0.4) is 0 Å². The minimum Gasteiger partial charge on any atom is -0.303 e. The largest absolute Gasteiger partial charge is 0.303 e. The van der Waals surface area contributed by atoms with Crippen LogP contribution in [-0.2, 0) is 11.2 Å². The van der Waals surface area contributed by atoms with Crippen LogP contribution in [0.15, 0.2) is 41.3 Å². The van der Waals surface area contributed by atoms with Crippen molar-refractivity contribution in [2.45, 2.75) is 44.9 Å². The molecule has 1 aromatic carbocycles. The molecule has 1 aromatic rings. The van der Waals surface area contributed by atoms with Gasteiger partial charge in [0.05, 0.1) is 0 Å². The fourth-order valence-electron chi connectivity index (χ4n) is 2.18. The van der Waals surface area contributed by atoms with Crippen LogP contribution >= 0.6 is 11.8 Å². The molecule has 0 aliphatic rings. The molecule has 1 unspecified atom stereocenters. The summed E-state index contributed by atoms with van der Waals surface area (Å²) < 4.78 is 0. The first-order chi connectivity index (χ1) is 9.41. The Bertz CT molecular complexity index is 445. The zero-order valence-electron chi connectivity index (χ0n) is 13.1. The molecule has 0 saturated carbocycles. The smallest absolute Gasteiger partial charge is 0.127 e. The minimum absolute atomic E-state index is 0.0686. The topological polar surface area (TPSA) is 17.1 Å². The Balaban J connectivity index is 2.70. The average Bonchev–Trinajstić information content (AvgIpc) is 2.44. The maximum Gasteiger partial charge on any atom is 0.127 e. The molecule has 0 amide bonds. The van der Waals surface area contributed by atoms with Crippen LogP contribution in [-0.4, -0.2) is 12.5 Å². The number of hydrogen-bond donors (Lipinski definition) is 0. The van der Waals surface area contributed by atoms with Crippen molar-refractivity contribution >= 4 is 18.0 Å². The van der Waals surface area contributed by atoms with Crippen LogP contribution in [0.25, 0.3) is 0 Å². The van der Waals surface area contributed by atoms with Crippen molar-refractivity contribution in [3.05, 3.63) is 42.0 Å². The summed E-state index contributed by atoms with van der Waals surface area (Å²) in [5.41, 5.74) is 2.48. The number of thioether (sulfide) groups is 1. The molecule has 1 nitrogen and oxygen atoms in total. The van der Waals surface area contributed by atoms with E-state index in [1.54, 1.807) is 11.8 Å². The van der Waals surface area contributed by atoms with E-state index in [0.717, 1.165) is 31.1 Å². The zero-order valence-corrected chi connectivity index (χ0v) is 13.9. The van der Waals surface area contributed by atoms with E-state index in [1.807, 2.05) is 0 Å². The molecule has 110 valence electrons. The maximum absolute atomic E-state index is 11.4. The average molecular weight is 290 g/mol. The highest BCUT2D eigenvalue weighted by atomic mass is 32.2. The summed E-state index contributed by atoms with van der Waals surface area (Å²) in [6.07, 6.45) is 5.89. The lowest BCUT2D eigenvalue weighted by molar-refractivity contribution is -0.110. The lowest BCUT2D eigenvalue weighted by Gasteiger charge is -2.26. The Labute approximate surface area is 127 Å². The standard InChI is InChI=1S/C18H26OS/c1-6-18(3,4)12-14(2)16(13-19)11-15-7-9-17(20-5)10-8-15/h7-10,13,16H,2,6,11-12H2,1,3-5H3. The van der Waals surface area contributed by atoms with Gasteiger partial charge in [0.2, 0.25) is 0 Å². The van der Waals surface area contributed by atoms with Gasteiger partial charge >= 0.3 is 0 Å². The van der Waals surface area contributed by atoms with Crippen LogP contribution in [0, 0.1) is 11.3 Å². The second-order valence-corrected chi connectivity index (χ2v) is 7.03. The van der Waals surface area contributed by atoms with Crippen molar-refractivity contribution in [3.8, 4) is 0 Å². The molecular formula is C18H26OS. The monoisotopic (exact) mass is 290 g/mol. The van der Waals surface area contributed by atoms with E-state index in [2.05, 4.69) is 57.9 Å². The minimum atomic E-state index is -0.0686. The molecule has 0 N–H and O–H groups in total. The fourth-order valence-corrected chi connectivity index (χ4v) is 2.58. The third kappa shape index (κ3) is 5.16. The van der Waals surface area contributed by atoms with Gasteiger partial charge in [0.1, 0.15) is 6.29 Å². The van der Waals surface area contributed by atoms with Crippen LogP contribution in [0.1, 0.15) is 39.2 Å². The van der Waals surface area contributed by atoms with Gasteiger partial charge in [0.15, 0.2) is 0 Å². The Morgan fingerprint density at radius 2 is 1.95 bits per heavy atom. The van der Waals surface area contributed by atoms with Gasteiger partial charge in [-0.2, -0.15) is 0 Å². The van der Waals surface area contributed by atoms with Crippen molar-refractivity contribution in [1.82, 2.24) is 0 Å². The van der Waals surface area contributed by atoms with Gasteiger partial charge in [-0.15, -0.1) is 11.8 Å². The molecule has 0 aliphatic heterocycles. The molecule has 2 heteroatoms. The van der Waals surface area contributed by atoms with Crippen molar-refractivity contribution < 1.29 is 4.79 Å². The SMILES string of the molecule is C=C(CC(C)(C)CC)C(C=O)Cc1ccc(SC)cc1. The number of benzene rings is 1. The van der Waals surface area contributed by atoms with E-state index in [1.165, 1.54) is 10.5 Å². The molecule has 0 aromatic heterocycles. The third-order valence-corrected chi connectivity index (χ3v) is 4.71. The van der Waals surface area contributed by atoms with Gasteiger partial charge in [-0.1, -0.05) is 51.5 Å². The summed E-state index contributed by atoms with van der Waals surface area (Å²) in [6.45, 7) is 10.8. The van der Waals surface area contributed by atoms with Crippen molar-refractivity contribution in [1.29, 1.82) is 0 Å². The van der Waals surface area contributed by atoms with Crippen molar-refractivity contribution in [2.75, 3.05) is 6.26 Å². The van der Waals surface area contributed by atoms with Gasteiger partial charge in [0.25, 0.3) is 0 Å². The Morgan fingerprint density at radius 1 is 1.35 bits per heavy atom.